The highest BCUT2D eigenvalue weighted by atomic mass is 16.2. The maximum Gasteiger partial charge on any atom is 0.256 e. The van der Waals surface area contributed by atoms with Gasteiger partial charge in [0.05, 0.1) is 12.1 Å². The number of hydrogen-bond donors (Lipinski definition) is 1. The molecule has 4 heteroatoms. The van der Waals surface area contributed by atoms with E-state index < -0.39 is 6.04 Å². The molecule has 1 aliphatic heterocycles. The minimum atomic E-state index is -0.500. The highest BCUT2D eigenvalue weighted by Gasteiger charge is 2.39. The highest BCUT2D eigenvalue weighted by molar-refractivity contribution is 6.23. The second-order valence-corrected chi connectivity index (χ2v) is 5.17. The Hall–Kier alpha value is -2.62. The molecule has 0 bridgehead atoms. The van der Waals surface area contributed by atoms with Crippen LogP contribution in [0.2, 0.25) is 0 Å². The zero-order valence-corrected chi connectivity index (χ0v) is 11.7. The van der Waals surface area contributed by atoms with Crippen molar-refractivity contribution in [1.29, 1.82) is 0 Å². The van der Waals surface area contributed by atoms with Gasteiger partial charge in [0.15, 0.2) is 0 Å². The van der Waals surface area contributed by atoms with Crippen LogP contribution in [0.25, 0.3) is 0 Å². The van der Waals surface area contributed by atoms with Crippen molar-refractivity contribution in [1.82, 2.24) is 0 Å². The number of nitrogens with one attached hydrogen (secondary N) is 1. The molecule has 2 amide bonds. The Morgan fingerprint density at radius 2 is 1.81 bits per heavy atom. The number of nitrogens with zero attached hydrogens (tertiary/aromatic N) is 1. The van der Waals surface area contributed by atoms with Crippen molar-refractivity contribution < 1.29 is 9.59 Å². The molecule has 0 spiro atoms. The van der Waals surface area contributed by atoms with E-state index in [2.05, 4.69) is 5.32 Å². The van der Waals surface area contributed by atoms with Crippen LogP contribution < -0.4 is 10.2 Å². The molecular formula is C17H16N2O2. The largest absolute Gasteiger partial charge is 0.373 e. The number of benzene rings is 2. The van der Waals surface area contributed by atoms with Gasteiger partial charge in [-0.2, -0.15) is 0 Å². The zero-order valence-electron chi connectivity index (χ0n) is 11.7. The van der Waals surface area contributed by atoms with E-state index in [-0.39, 0.29) is 18.2 Å². The van der Waals surface area contributed by atoms with E-state index in [9.17, 15) is 9.59 Å². The quantitative estimate of drug-likeness (QED) is 0.879. The lowest BCUT2D eigenvalue weighted by Gasteiger charge is -2.16. The molecular weight excluding hydrogens is 264 g/mol. The van der Waals surface area contributed by atoms with Crippen LogP contribution in [0.1, 0.15) is 12.0 Å². The van der Waals surface area contributed by atoms with Crippen LogP contribution >= 0.6 is 0 Å². The molecule has 1 heterocycles. The number of carbonyl (C=O) groups is 2. The zero-order chi connectivity index (χ0) is 14.8. The van der Waals surface area contributed by atoms with Gasteiger partial charge in [0.1, 0.15) is 6.04 Å². The van der Waals surface area contributed by atoms with Gasteiger partial charge in [0.2, 0.25) is 5.91 Å². The predicted octanol–water partition coefficient (Wildman–Crippen LogP) is 2.74. The first-order valence-electron chi connectivity index (χ1n) is 6.90. The van der Waals surface area contributed by atoms with Crippen molar-refractivity contribution in [2.24, 2.45) is 0 Å². The number of hydrogen-bond acceptors (Lipinski definition) is 3. The summed E-state index contributed by atoms with van der Waals surface area (Å²) in [6, 6.07) is 16.4. The van der Waals surface area contributed by atoms with E-state index in [1.807, 2.05) is 55.5 Å². The lowest BCUT2D eigenvalue weighted by molar-refractivity contribution is -0.121. The van der Waals surface area contributed by atoms with Crippen molar-refractivity contribution >= 4 is 23.2 Å². The molecule has 1 aliphatic rings. The van der Waals surface area contributed by atoms with E-state index in [4.69, 9.17) is 0 Å². The average Bonchev–Trinajstić information content (AvgIpc) is 2.74. The fraction of sp³-hybridized carbons (Fsp3) is 0.176. The van der Waals surface area contributed by atoms with E-state index in [0.29, 0.717) is 5.69 Å². The molecule has 1 saturated heterocycles. The minimum absolute atomic E-state index is 0.168. The molecule has 4 nitrogen and oxygen atoms in total. The lowest BCUT2D eigenvalue weighted by atomic mass is 10.2. The van der Waals surface area contributed by atoms with Gasteiger partial charge in [-0.05, 0) is 36.8 Å². The summed E-state index contributed by atoms with van der Waals surface area (Å²) in [5.74, 6) is -0.367. The Labute approximate surface area is 123 Å². The first kappa shape index (κ1) is 13.4. The van der Waals surface area contributed by atoms with Gasteiger partial charge in [-0.15, -0.1) is 0 Å². The Morgan fingerprint density at radius 3 is 2.52 bits per heavy atom. The van der Waals surface area contributed by atoms with Crippen LogP contribution in [0, 0.1) is 6.92 Å². The average molecular weight is 280 g/mol. The molecule has 2 aromatic carbocycles. The summed E-state index contributed by atoms with van der Waals surface area (Å²) < 4.78 is 0. The first-order chi connectivity index (χ1) is 10.1. The number of rotatable bonds is 3. The second kappa shape index (κ2) is 5.40. The van der Waals surface area contributed by atoms with Crippen molar-refractivity contribution in [3.8, 4) is 0 Å². The Bertz CT molecular complexity index is 682. The molecule has 1 N–H and O–H groups in total. The lowest BCUT2D eigenvalue weighted by Crippen LogP contribution is -2.34. The molecule has 0 radical (unpaired) electrons. The summed E-state index contributed by atoms with van der Waals surface area (Å²) >= 11 is 0. The summed E-state index contributed by atoms with van der Waals surface area (Å²) in [4.78, 5) is 25.9. The van der Waals surface area contributed by atoms with E-state index >= 15 is 0 Å². The van der Waals surface area contributed by atoms with Crippen LogP contribution in [0.5, 0.6) is 0 Å². The molecule has 3 rings (SSSR count). The number of para-hydroxylation sites is 1. The Balaban J connectivity index is 1.82. The van der Waals surface area contributed by atoms with Gasteiger partial charge >= 0.3 is 0 Å². The topological polar surface area (TPSA) is 49.4 Å². The van der Waals surface area contributed by atoms with Crippen LogP contribution in [-0.4, -0.2) is 17.9 Å². The fourth-order valence-electron chi connectivity index (χ4n) is 2.52. The van der Waals surface area contributed by atoms with Gasteiger partial charge < -0.3 is 5.32 Å². The molecule has 1 atom stereocenters. The van der Waals surface area contributed by atoms with Crippen molar-refractivity contribution in [3.63, 3.8) is 0 Å². The SMILES string of the molecule is Cc1cccc(N2C(=O)CC(Nc3ccccc3)C2=O)c1. The summed E-state index contributed by atoms with van der Waals surface area (Å²) in [5.41, 5.74) is 2.50. The maximum atomic E-state index is 12.5. The third kappa shape index (κ3) is 2.65. The molecule has 0 aromatic heterocycles. The van der Waals surface area contributed by atoms with Crippen molar-refractivity contribution in [3.05, 3.63) is 60.2 Å². The first-order valence-corrected chi connectivity index (χ1v) is 6.90. The molecule has 21 heavy (non-hydrogen) atoms. The molecule has 1 unspecified atom stereocenters. The van der Waals surface area contributed by atoms with E-state index in [1.165, 1.54) is 4.90 Å². The molecule has 0 aliphatic carbocycles. The number of carbonyl (C=O) groups excluding carboxylic acids is 2. The third-order valence-electron chi connectivity index (χ3n) is 3.52. The van der Waals surface area contributed by atoms with Gasteiger partial charge in [0, 0.05) is 5.69 Å². The van der Waals surface area contributed by atoms with E-state index in [0.717, 1.165) is 11.3 Å². The van der Waals surface area contributed by atoms with E-state index in [1.54, 1.807) is 6.07 Å². The number of amides is 2. The van der Waals surface area contributed by atoms with Crippen LogP contribution in [-0.2, 0) is 9.59 Å². The van der Waals surface area contributed by atoms with Crippen molar-refractivity contribution in [2.45, 2.75) is 19.4 Å². The second-order valence-electron chi connectivity index (χ2n) is 5.17. The maximum absolute atomic E-state index is 12.5. The third-order valence-corrected chi connectivity index (χ3v) is 3.52. The van der Waals surface area contributed by atoms with Crippen molar-refractivity contribution in [2.75, 3.05) is 10.2 Å². The summed E-state index contributed by atoms with van der Waals surface area (Å²) in [6.07, 6.45) is 0.182. The summed E-state index contributed by atoms with van der Waals surface area (Å²) in [7, 11) is 0. The Kier molecular flexibility index (Phi) is 3.44. The van der Waals surface area contributed by atoms with Gasteiger partial charge in [-0.25, -0.2) is 4.90 Å². The number of imide groups is 1. The summed E-state index contributed by atoms with van der Waals surface area (Å²) in [6.45, 7) is 1.94. The highest BCUT2D eigenvalue weighted by Crippen LogP contribution is 2.25. The Morgan fingerprint density at radius 1 is 1.05 bits per heavy atom. The molecule has 2 aromatic rings. The fourth-order valence-corrected chi connectivity index (χ4v) is 2.52. The van der Waals surface area contributed by atoms with Crippen LogP contribution in [0.15, 0.2) is 54.6 Å². The molecule has 106 valence electrons. The number of aryl methyl sites for hydroxylation is 1. The normalized spacial score (nSPS) is 18.1. The van der Waals surface area contributed by atoms with Gasteiger partial charge in [-0.3, -0.25) is 9.59 Å². The van der Waals surface area contributed by atoms with Crippen LogP contribution in [0.4, 0.5) is 11.4 Å². The monoisotopic (exact) mass is 280 g/mol. The predicted molar refractivity (Wildman–Crippen MR) is 82.1 cm³/mol. The molecule has 0 saturated carbocycles. The van der Waals surface area contributed by atoms with Gasteiger partial charge in [-0.1, -0.05) is 30.3 Å². The minimum Gasteiger partial charge on any atom is -0.373 e. The van der Waals surface area contributed by atoms with Gasteiger partial charge in [0.25, 0.3) is 5.91 Å². The van der Waals surface area contributed by atoms with Crippen LogP contribution in [0.3, 0.4) is 0 Å². The molecule has 1 fully saturated rings. The smallest absolute Gasteiger partial charge is 0.256 e. The number of anilines is 2. The standard InChI is InChI=1S/C17H16N2O2/c1-12-6-5-9-14(10-12)19-16(20)11-15(17(19)21)18-13-7-3-2-4-8-13/h2-10,15,18H,11H2,1H3. The summed E-state index contributed by atoms with van der Waals surface area (Å²) in [5, 5.41) is 3.12.